The highest BCUT2D eigenvalue weighted by Gasteiger charge is 2.39. The zero-order valence-electron chi connectivity index (χ0n) is 11.0. The Morgan fingerprint density at radius 2 is 2.00 bits per heavy atom. The number of aliphatic carboxylic acids is 1. The molecule has 0 amide bonds. The van der Waals surface area contributed by atoms with Crippen LogP contribution in [0.1, 0.15) is 24.0 Å². The van der Waals surface area contributed by atoms with E-state index in [0.717, 1.165) is 15.4 Å². The molecule has 19 heavy (non-hydrogen) atoms. The van der Waals surface area contributed by atoms with Gasteiger partial charge in [-0.05, 0) is 49.9 Å². The summed E-state index contributed by atoms with van der Waals surface area (Å²) in [7, 11) is -3.72. The first-order valence-electron chi connectivity index (χ1n) is 6.16. The van der Waals surface area contributed by atoms with E-state index in [-0.39, 0.29) is 11.4 Å². The summed E-state index contributed by atoms with van der Waals surface area (Å²) < 4.78 is 26.0. The van der Waals surface area contributed by atoms with Crippen LogP contribution in [0.4, 0.5) is 0 Å². The van der Waals surface area contributed by atoms with Crippen LogP contribution in [0.15, 0.2) is 23.1 Å². The molecular formula is C13H17NO4S. The molecule has 1 aromatic rings. The molecule has 0 aromatic heterocycles. The molecule has 1 aliphatic rings. The van der Waals surface area contributed by atoms with Crippen LogP contribution in [0.3, 0.4) is 0 Å². The van der Waals surface area contributed by atoms with E-state index in [4.69, 9.17) is 5.11 Å². The van der Waals surface area contributed by atoms with Gasteiger partial charge < -0.3 is 5.11 Å². The molecule has 1 fully saturated rings. The average Bonchev–Trinajstić information content (AvgIpc) is 2.82. The van der Waals surface area contributed by atoms with Crippen molar-refractivity contribution in [1.82, 2.24) is 4.31 Å². The highest BCUT2D eigenvalue weighted by atomic mass is 32.2. The number of benzene rings is 1. The number of hydrogen-bond acceptors (Lipinski definition) is 3. The summed E-state index contributed by atoms with van der Waals surface area (Å²) in [5, 5.41) is 9.09. The minimum absolute atomic E-state index is 0.170. The van der Waals surface area contributed by atoms with Crippen LogP contribution < -0.4 is 0 Å². The second-order valence-corrected chi connectivity index (χ2v) is 6.75. The van der Waals surface area contributed by atoms with E-state index in [1.54, 1.807) is 12.1 Å². The van der Waals surface area contributed by atoms with Crippen LogP contribution in [0.5, 0.6) is 0 Å². The molecule has 0 bridgehead atoms. The van der Waals surface area contributed by atoms with Crippen molar-refractivity contribution >= 4 is 16.0 Å². The smallest absolute Gasteiger partial charge is 0.322 e. The lowest BCUT2D eigenvalue weighted by molar-refractivity contribution is -0.140. The first-order valence-corrected chi connectivity index (χ1v) is 7.60. The highest BCUT2D eigenvalue weighted by molar-refractivity contribution is 7.89. The molecule has 0 saturated carbocycles. The van der Waals surface area contributed by atoms with E-state index in [1.807, 2.05) is 13.8 Å². The van der Waals surface area contributed by atoms with E-state index >= 15 is 0 Å². The third kappa shape index (κ3) is 2.50. The molecule has 6 heteroatoms. The molecule has 1 aromatic carbocycles. The van der Waals surface area contributed by atoms with Gasteiger partial charge in [0.25, 0.3) is 0 Å². The summed E-state index contributed by atoms with van der Waals surface area (Å²) in [6, 6.07) is 3.94. The first-order chi connectivity index (χ1) is 8.84. The normalized spacial score (nSPS) is 20.6. The topological polar surface area (TPSA) is 74.7 Å². The second-order valence-electron chi connectivity index (χ2n) is 4.86. The molecule has 0 unspecified atom stereocenters. The Morgan fingerprint density at radius 1 is 1.32 bits per heavy atom. The van der Waals surface area contributed by atoms with E-state index in [9.17, 15) is 13.2 Å². The maximum Gasteiger partial charge on any atom is 0.322 e. The maximum atomic E-state index is 12.5. The van der Waals surface area contributed by atoms with Gasteiger partial charge in [0.15, 0.2) is 0 Å². The van der Waals surface area contributed by atoms with Gasteiger partial charge in [0, 0.05) is 6.54 Å². The van der Waals surface area contributed by atoms with Crippen molar-refractivity contribution in [2.24, 2.45) is 0 Å². The standard InChI is InChI=1S/C13H17NO4S/c1-9-5-6-11(8-10(9)2)19(17,18)14-7-3-4-12(14)13(15)16/h5-6,8,12H,3-4,7H2,1-2H3,(H,15,16)/t12-/m1/s1. The average molecular weight is 283 g/mol. The van der Waals surface area contributed by atoms with Crippen molar-refractivity contribution in [2.45, 2.75) is 37.6 Å². The Labute approximate surface area is 112 Å². The lowest BCUT2D eigenvalue weighted by atomic mass is 10.1. The van der Waals surface area contributed by atoms with Crippen molar-refractivity contribution < 1.29 is 18.3 Å². The number of aryl methyl sites for hydroxylation is 2. The zero-order valence-corrected chi connectivity index (χ0v) is 11.8. The second kappa shape index (κ2) is 4.94. The monoisotopic (exact) mass is 283 g/mol. The number of carboxylic acid groups (broad SMARTS) is 1. The number of carboxylic acids is 1. The molecule has 0 radical (unpaired) electrons. The number of nitrogens with zero attached hydrogens (tertiary/aromatic N) is 1. The van der Waals surface area contributed by atoms with Crippen molar-refractivity contribution in [3.05, 3.63) is 29.3 Å². The molecule has 2 rings (SSSR count). The Morgan fingerprint density at radius 3 is 2.58 bits per heavy atom. The molecule has 1 atom stereocenters. The lowest BCUT2D eigenvalue weighted by Gasteiger charge is -2.21. The van der Waals surface area contributed by atoms with E-state index in [2.05, 4.69) is 0 Å². The van der Waals surface area contributed by atoms with Gasteiger partial charge in [-0.3, -0.25) is 4.79 Å². The Bertz CT molecular complexity index is 609. The minimum atomic E-state index is -3.72. The number of carbonyl (C=O) groups is 1. The van der Waals surface area contributed by atoms with Crippen LogP contribution in [-0.4, -0.2) is 36.4 Å². The predicted molar refractivity (Wildman–Crippen MR) is 70.5 cm³/mol. The van der Waals surface area contributed by atoms with E-state index in [0.29, 0.717) is 12.8 Å². The fourth-order valence-electron chi connectivity index (χ4n) is 2.28. The predicted octanol–water partition coefficient (Wildman–Crippen LogP) is 1.54. The summed E-state index contributed by atoms with van der Waals surface area (Å²) in [4.78, 5) is 11.3. The van der Waals surface area contributed by atoms with Crippen LogP contribution >= 0.6 is 0 Å². The van der Waals surface area contributed by atoms with Gasteiger partial charge in [-0.25, -0.2) is 8.42 Å². The fraction of sp³-hybridized carbons (Fsp3) is 0.462. The van der Waals surface area contributed by atoms with Crippen molar-refractivity contribution in [3.8, 4) is 0 Å². The maximum absolute atomic E-state index is 12.5. The Kier molecular flexibility index (Phi) is 3.64. The summed E-state index contributed by atoms with van der Waals surface area (Å²) in [6.07, 6.45) is 0.959. The van der Waals surface area contributed by atoms with Crippen LogP contribution in [0.25, 0.3) is 0 Å². The summed E-state index contributed by atoms with van der Waals surface area (Å²) in [5.74, 6) is -1.08. The third-order valence-electron chi connectivity index (χ3n) is 3.57. The SMILES string of the molecule is Cc1ccc(S(=O)(=O)N2CCC[C@@H]2C(=O)O)cc1C. The first kappa shape index (κ1) is 14.0. The zero-order chi connectivity index (χ0) is 14.2. The fourth-order valence-corrected chi connectivity index (χ4v) is 4.02. The van der Waals surface area contributed by atoms with E-state index < -0.39 is 22.0 Å². The largest absolute Gasteiger partial charge is 0.480 e. The molecule has 0 spiro atoms. The molecule has 0 aliphatic carbocycles. The molecule has 5 nitrogen and oxygen atoms in total. The minimum Gasteiger partial charge on any atom is -0.480 e. The Hall–Kier alpha value is -1.40. The third-order valence-corrected chi connectivity index (χ3v) is 5.48. The molecular weight excluding hydrogens is 266 g/mol. The molecule has 1 N–H and O–H groups in total. The van der Waals surface area contributed by atoms with Crippen LogP contribution in [-0.2, 0) is 14.8 Å². The Balaban J connectivity index is 2.42. The summed E-state index contributed by atoms with van der Waals surface area (Å²) in [6.45, 7) is 4.01. The molecule has 1 heterocycles. The van der Waals surface area contributed by atoms with Crippen molar-refractivity contribution in [2.75, 3.05) is 6.54 Å². The number of hydrogen-bond donors (Lipinski definition) is 1. The number of rotatable bonds is 3. The van der Waals surface area contributed by atoms with Gasteiger partial charge in [0.2, 0.25) is 10.0 Å². The van der Waals surface area contributed by atoms with Crippen LogP contribution in [0.2, 0.25) is 0 Å². The molecule has 1 aliphatic heterocycles. The van der Waals surface area contributed by atoms with Gasteiger partial charge in [-0.2, -0.15) is 4.31 Å². The lowest BCUT2D eigenvalue weighted by Crippen LogP contribution is -2.40. The van der Waals surface area contributed by atoms with Gasteiger partial charge in [-0.1, -0.05) is 6.07 Å². The van der Waals surface area contributed by atoms with Gasteiger partial charge in [-0.15, -0.1) is 0 Å². The quantitative estimate of drug-likeness (QED) is 0.913. The summed E-state index contributed by atoms with van der Waals surface area (Å²) >= 11 is 0. The van der Waals surface area contributed by atoms with Crippen LogP contribution in [0, 0.1) is 13.8 Å². The summed E-state index contributed by atoms with van der Waals surface area (Å²) in [5.41, 5.74) is 1.89. The number of sulfonamides is 1. The van der Waals surface area contributed by atoms with Crippen molar-refractivity contribution in [1.29, 1.82) is 0 Å². The van der Waals surface area contributed by atoms with E-state index in [1.165, 1.54) is 6.07 Å². The molecule has 1 saturated heterocycles. The van der Waals surface area contributed by atoms with Gasteiger partial charge in [0.1, 0.15) is 6.04 Å². The highest BCUT2D eigenvalue weighted by Crippen LogP contribution is 2.27. The molecule has 104 valence electrons. The van der Waals surface area contributed by atoms with Gasteiger partial charge in [0.05, 0.1) is 4.90 Å². The van der Waals surface area contributed by atoms with Gasteiger partial charge >= 0.3 is 5.97 Å². The van der Waals surface area contributed by atoms with Crippen molar-refractivity contribution in [3.63, 3.8) is 0 Å².